The van der Waals surface area contributed by atoms with Gasteiger partial charge in [0.05, 0.1) is 0 Å². The van der Waals surface area contributed by atoms with Crippen molar-refractivity contribution in [2.45, 2.75) is 31.7 Å². The summed E-state index contributed by atoms with van der Waals surface area (Å²) in [6, 6.07) is 13.0. The second kappa shape index (κ2) is 7.07. The minimum atomic E-state index is -0.0714. The molecule has 1 heterocycles. The van der Waals surface area contributed by atoms with Crippen LogP contribution in [0.25, 0.3) is 0 Å². The van der Waals surface area contributed by atoms with Crippen molar-refractivity contribution < 1.29 is 19.1 Å². The lowest BCUT2D eigenvalue weighted by Gasteiger charge is -2.07. The summed E-state index contributed by atoms with van der Waals surface area (Å²) in [6.07, 6.45) is 3.10. The number of fused-ring (bicyclic) bond motifs is 1. The summed E-state index contributed by atoms with van der Waals surface area (Å²) in [5.41, 5.74) is 2.32. The first kappa shape index (κ1) is 16.4. The number of hydrogen-bond donors (Lipinski definition) is 2. The average Bonchev–Trinajstić information content (AvgIpc) is 3.33. The maximum absolute atomic E-state index is 12.1. The molecule has 0 bridgehead atoms. The van der Waals surface area contributed by atoms with Gasteiger partial charge in [0, 0.05) is 23.7 Å². The smallest absolute Gasteiger partial charge is 0.251 e. The molecule has 2 aromatic rings. The monoisotopic (exact) mass is 352 g/mol. The molecule has 2 aromatic carbocycles. The number of ether oxygens (including phenoxy) is 2. The number of anilines is 1. The van der Waals surface area contributed by atoms with Crippen molar-refractivity contribution in [3.05, 3.63) is 53.6 Å². The molecule has 0 aromatic heterocycles. The zero-order chi connectivity index (χ0) is 17.9. The van der Waals surface area contributed by atoms with Crippen LogP contribution < -0.4 is 20.1 Å². The Hall–Kier alpha value is -3.02. The molecule has 0 atom stereocenters. The van der Waals surface area contributed by atoms with E-state index in [1.807, 2.05) is 18.2 Å². The van der Waals surface area contributed by atoms with E-state index in [0.717, 1.165) is 29.9 Å². The maximum atomic E-state index is 12.1. The van der Waals surface area contributed by atoms with Crippen LogP contribution in [0.3, 0.4) is 0 Å². The van der Waals surface area contributed by atoms with Crippen molar-refractivity contribution in [3.8, 4) is 11.5 Å². The van der Waals surface area contributed by atoms with Crippen molar-refractivity contribution in [3.63, 3.8) is 0 Å². The van der Waals surface area contributed by atoms with E-state index in [-0.39, 0.29) is 18.6 Å². The Morgan fingerprint density at radius 2 is 1.77 bits per heavy atom. The number of carbonyl (C=O) groups excluding carboxylic acids is 2. The molecule has 0 spiro atoms. The highest BCUT2D eigenvalue weighted by atomic mass is 16.7. The van der Waals surface area contributed by atoms with Crippen LogP contribution in [0.1, 0.15) is 35.2 Å². The van der Waals surface area contributed by atoms with Crippen LogP contribution in [0.5, 0.6) is 11.5 Å². The molecule has 2 amide bonds. The van der Waals surface area contributed by atoms with E-state index in [0.29, 0.717) is 30.1 Å². The highest BCUT2D eigenvalue weighted by molar-refractivity contribution is 5.96. The van der Waals surface area contributed by atoms with Gasteiger partial charge in [0.2, 0.25) is 12.7 Å². The molecule has 1 aliphatic heterocycles. The van der Waals surface area contributed by atoms with Crippen LogP contribution in [-0.4, -0.2) is 24.6 Å². The molecule has 0 unspecified atom stereocenters. The molecule has 6 heteroatoms. The lowest BCUT2D eigenvalue weighted by molar-refractivity contribution is -0.116. The van der Waals surface area contributed by atoms with E-state index in [4.69, 9.17) is 9.47 Å². The first-order valence-electron chi connectivity index (χ1n) is 8.77. The highest BCUT2D eigenvalue weighted by Gasteiger charge is 2.23. The Morgan fingerprint density at radius 1 is 1.00 bits per heavy atom. The number of rotatable bonds is 6. The first-order valence-corrected chi connectivity index (χ1v) is 8.77. The number of nitrogens with one attached hydrogen (secondary N) is 2. The highest BCUT2D eigenvalue weighted by Crippen LogP contribution is 2.32. The molecule has 0 radical (unpaired) electrons. The lowest BCUT2D eigenvalue weighted by Crippen LogP contribution is -2.25. The van der Waals surface area contributed by atoms with Crippen molar-refractivity contribution in [2.24, 2.45) is 0 Å². The van der Waals surface area contributed by atoms with Gasteiger partial charge in [-0.1, -0.05) is 6.07 Å². The minimum absolute atomic E-state index is 0.0619. The lowest BCUT2D eigenvalue weighted by atomic mass is 10.1. The largest absolute Gasteiger partial charge is 0.454 e. The topological polar surface area (TPSA) is 76.7 Å². The molecule has 0 saturated heterocycles. The Kier molecular flexibility index (Phi) is 4.48. The van der Waals surface area contributed by atoms with Gasteiger partial charge in [-0.25, -0.2) is 0 Å². The number of hydrogen-bond acceptors (Lipinski definition) is 4. The van der Waals surface area contributed by atoms with E-state index in [1.165, 1.54) is 0 Å². The maximum Gasteiger partial charge on any atom is 0.251 e. The fourth-order valence-electron chi connectivity index (χ4n) is 2.78. The number of carbonyl (C=O) groups is 2. The molecule has 1 fully saturated rings. The fraction of sp³-hybridized carbons (Fsp3) is 0.300. The summed E-state index contributed by atoms with van der Waals surface area (Å²) in [5.74, 6) is 1.33. The van der Waals surface area contributed by atoms with Gasteiger partial charge in [-0.15, -0.1) is 0 Å². The van der Waals surface area contributed by atoms with E-state index >= 15 is 0 Å². The molecule has 1 aliphatic carbocycles. The minimum Gasteiger partial charge on any atom is -0.454 e. The SMILES string of the molecule is O=C(CCc1ccc2c(c1)OCO2)Nc1ccc(C(=O)NC2CC2)cc1. The van der Waals surface area contributed by atoms with Gasteiger partial charge in [-0.2, -0.15) is 0 Å². The Balaban J connectivity index is 1.28. The zero-order valence-electron chi connectivity index (χ0n) is 14.3. The van der Waals surface area contributed by atoms with Gasteiger partial charge < -0.3 is 20.1 Å². The molecule has 1 saturated carbocycles. The quantitative estimate of drug-likeness (QED) is 0.838. The number of aryl methyl sites for hydroxylation is 1. The standard InChI is InChI=1S/C20H20N2O4/c23-19(10-2-13-1-9-17-18(11-13)26-12-25-17)21-15-5-3-14(4-6-15)20(24)22-16-7-8-16/h1,3-6,9,11,16H,2,7-8,10,12H2,(H,21,23)(H,22,24). The van der Waals surface area contributed by atoms with Crippen LogP contribution in [-0.2, 0) is 11.2 Å². The Bertz CT molecular complexity index is 828. The van der Waals surface area contributed by atoms with Crippen molar-refractivity contribution >= 4 is 17.5 Å². The predicted molar refractivity (Wildman–Crippen MR) is 96.4 cm³/mol. The Morgan fingerprint density at radius 3 is 2.54 bits per heavy atom. The van der Waals surface area contributed by atoms with Gasteiger partial charge in [-0.3, -0.25) is 9.59 Å². The average molecular weight is 352 g/mol. The second-order valence-electron chi connectivity index (χ2n) is 6.56. The zero-order valence-corrected chi connectivity index (χ0v) is 14.3. The van der Waals surface area contributed by atoms with Gasteiger partial charge in [0.25, 0.3) is 5.91 Å². The predicted octanol–water partition coefficient (Wildman–Crippen LogP) is 2.88. The molecular weight excluding hydrogens is 332 g/mol. The molecule has 134 valence electrons. The molecular formula is C20H20N2O4. The molecule has 26 heavy (non-hydrogen) atoms. The van der Waals surface area contributed by atoms with Gasteiger partial charge >= 0.3 is 0 Å². The normalized spacial score (nSPS) is 14.8. The molecule has 2 aliphatic rings. The van der Waals surface area contributed by atoms with E-state index in [2.05, 4.69) is 10.6 Å². The third kappa shape index (κ3) is 3.96. The van der Waals surface area contributed by atoms with Crippen LogP contribution >= 0.6 is 0 Å². The first-order chi connectivity index (χ1) is 12.7. The molecule has 2 N–H and O–H groups in total. The summed E-state index contributed by atoms with van der Waals surface area (Å²) in [5, 5.41) is 5.80. The molecule has 4 rings (SSSR count). The van der Waals surface area contributed by atoms with Crippen LogP contribution in [0.2, 0.25) is 0 Å². The summed E-state index contributed by atoms with van der Waals surface area (Å²) < 4.78 is 10.6. The third-order valence-electron chi connectivity index (χ3n) is 4.42. The number of benzene rings is 2. The summed E-state index contributed by atoms with van der Waals surface area (Å²) in [7, 11) is 0. The summed E-state index contributed by atoms with van der Waals surface area (Å²) in [6.45, 7) is 0.244. The second-order valence-corrected chi connectivity index (χ2v) is 6.56. The van der Waals surface area contributed by atoms with Crippen molar-refractivity contribution in [1.29, 1.82) is 0 Å². The van der Waals surface area contributed by atoms with Gasteiger partial charge in [0.1, 0.15) is 0 Å². The third-order valence-corrected chi connectivity index (χ3v) is 4.42. The summed E-state index contributed by atoms with van der Waals surface area (Å²) in [4.78, 5) is 24.1. The van der Waals surface area contributed by atoms with Gasteiger partial charge in [0.15, 0.2) is 11.5 Å². The number of amides is 2. The van der Waals surface area contributed by atoms with Gasteiger partial charge in [-0.05, 0) is 61.2 Å². The van der Waals surface area contributed by atoms with Crippen LogP contribution in [0.4, 0.5) is 5.69 Å². The van der Waals surface area contributed by atoms with Crippen molar-refractivity contribution in [1.82, 2.24) is 5.32 Å². The van der Waals surface area contributed by atoms with Crippen molar-refractivity contribution in [2.75, 3.05) is 12.1 Å². The fourth-order valence-corrected chi connectivity index (χ4v) is 2.78. The Labute approximate surface area is 151 Å². The summed E-state index contributed by atoms with van der Waals surface area (Å²) >= 11 is 0. The van der Waals surface area contributed by atoms with E-state index in [9.17, 15) is 9.59 Å². The van der Waals surface area contributed by atoms with E-state index < -0.39 is 0 Å². The molecule has 6 nitrogen and oxygen atoms in total. The van der Waals surface area contributed by atoms with Crippen LogP contribution in [0, 0.1) is 0 Å². The van der Waals surface area contributed by atoms with Crippen LogP contribution in [0.15, 0.2) is 42.5 Å². The van der Waals surface area contributed by atoms with E-state index in [1.54, 1.807) is 24.3 Å².